The Labute approximate surface area is 147 Å². The fourth-order valence-electron chi connectivity index (χ4n) is 2.88. The van der Waals surface area contributed by atoms with Crippen LogP contribution in [0, 0.1) is 0 Å². The number of carbonyl (C=O) groups is 1. The van der Waals surface area contributed by atoms with Crippen molar-refractivity contribution in [1.29, 1.82) is 0 Å². The Morgan fingerprint density at radius 2 is 2.12 bits per heavy atom. The summed E-state index contributed by atoms with van der Waals surface area (Å²) in [6, 6.07) is 11.3. The van der Waals surface area contributed by atoms with E-state index < -0.39 is 0 Å². The Morgan fingerprint density at radius 1 is 1.28 bits per heavy atom. The van der Waals surface area contributed by atoms with Gasteiger partial charge in [-0.25, -0.2) is 0 Å². The second kappa shape index (κ2) is 8.48. The van der Waals surface area contributed by atoms with Gasteiger partial charge < -0.3 is 19.7 Å². The lowest BCUT2D eigenvalue weighted by atomic mass is 10.1. The molecular formula is C19H23N3O3. The van der Waals surface area contributed by atoms with E-state index in [1.807, 2.05) is 41.3 Å². The van der Waals surface area contributed by atoms with Crippen LogP contribution in [0.2, 0.25) is 0 Å². The summed E-state index contributed by atoms with van der Waals surface area (Å²) in [5.74, 6) is 1.63. The molecule has 1 saturated heterocycles. The molecule has 1 aromatic heterocycles. The fourth-order valence-corrected chi connectivity index (χ4v) is 2.88. The van der Waals surface area contributed by atoms with Crippen molar-refractivity contribution in [2.45, 2.75) is 12.5 Å². The molecule has 6 heteroatoms. The lowest BCUT2D eigenvalue weighted by Gasteiger charge is -2.36. The van der Waals surface area contributed by atoms with Crippen LogP contribution < -0.4 is 14.8 Å². The van der Waals surface area contributed by atoms with Gasteiger partial charge in [0.1, 0.15) is 18.1 Å². The van der Waals surface area contributed by atoms with Crippen molar-refractivity contribution in [2.75, 3.05) is 33.4 Å². The molecule has 0 bridgehead atoms. The summed E-state index contributed by atoms with van der Waals surface area (Å²) in [5, 5.41) is 3.33. The summed E-state index contributed by atoms with van der Waals surface area (Å²) >= 11 is 0. The molecule has 0 radical (unpaired) electrons. The minimum Gasteiger partial charge on any atom is -0.497 e. The molecule has 6 nitrogen and oxygen atoms in total. The number of piperazine rings is 1. The van der Waals surface area contributed by atoms with E-state index in [4.69, 9.17) is 9.47 Å². The molecule has 2 heterocycles. The Morgan fingerprint density at radius 3 is 2.84 bits per heavy atom. The van der Waals surface area contributed by atoms with Crippen LogP contribution in [0.25, 0.3) is 0 Å². The lowest BCUT2D eigenvalue weighted by Crippen LogP contribution is -2.56. The standard InChI is InChI=1S/C19H23N3O3/c1-24-17-6-4-15(5-7-17)11-19(23)22-10-9-21-12-16(22)14-25-18-3-2-8-20-13-18/h2-8,13,16,21H,9-12,14H2,1H3. The van der Waals surface area contributed by atoms with Crippen LogP contribution in [-0.2, 0) is 11.2 Å². The van der Waals surface area contributed by atoms with Gasteiger partial charge in [-0.15, -0.1) is 0 Å². The summed E-state index contributed by atoms with van der Waals surface area (Å²) in [6.07, 6.45) is 3.77. The zero-order valence-corrected chi connectivity index (χ0v) is 14.4. The van der Waals surface area contributed by atoms with Gasteiger partial charge in [0.05, 0.1) is 25.8 Å². The number of aromatic nitrogens is 1. The molecule has 1 aliphatic heterocycles. The number of pyridine rings is 1. The first-order chi connectivity index (χ1) is 12.3. The van der Waals surface area contributed by atoms with Gasteiger partial charge in [0.15, 0.2) is 0 Å². The molecule has 1 fully saturated rings. The highest BCUT2D eigenvalue weighted by atomic mass is 16.5. The van der Waals surface area contributed by atoms with Crippen molar-refractivity contribution < 1.29 is 14.3 Å². The number of ether oxygens (including phenoxy) is 2. The van der Waals surface area contributed by atoms with E-state index >= 15 is 0 Å². The van der Waals surface area contributed by atoms with E-state index in [1.165, 1.54) is 0 Å². The van der Waals surface area contributed by atoms with Crippen LogP contribution in [0.3, 0.4) is 0 Å². The van der Waals surface area contributed by atoms with E-state index in [-0.39, 0.29) is 11.9 Å². The first-order valence-electron chi connectivity index (χ1n) is 8.42. The number of rotatable bonds is 6. The van der Waals surface area contributed by atoms with E-state index in [9.17, 15) is 4.79 Å². The number of hydrogen-bond acceptors (Lipinski definition) is 5. The fraction of sp³-hybridized carbons (Fsp3) is 0.368. The SMILES string of the molecule is COc1ccc(CC(=O)N2CCNCC2COc2cccnc2)cc1. The summed E-state index contributed by atoms with van der Waals surface area (Å²) in [7, 11) is 1.63. The first-order valence-corrected chi connectivity index (χ1v) is 8.42. The van der Waals surface area contributed by atoms with Gasteiger partial charge in [-0.2, -0.15) is 0 Å². The van der Waals surface area contributed by atoms with Gasteiger partial charge in [-0.3, -0.25) is 9.78 Å². The second-order valence-corrected chi connectivity index (χ2v) is 5.97. The average Bonchev–Trinajstić information content (AvgIpc) is 2.68. The number of benzene rings is 1. The lowest BCUT2D eigenvalue weighted by molar-refractivity contribution is -0.134. The quantitative estimate of drug-likeness (QED) is 0.863. The van der Waals surface area contributed by atoms with Crippen LogP contribution in [0.15, 0.2) is 48.8 Å². The molecule has 1 unspecified atom stereocenters. The van der Waals surface area contributed by atoms with E-state index in [0.29, 0.717) is 19.6 Å². The van der Waals surface area contributed by atoms with Crippen LogP contribution in [0.4, 0.5) is 0 Å². The Balaban J connectivity index is 1.60. The predicted octanol–water partition coefficient (Wildman–Crippen LogP) is 1.51. The van der Waals surface area contributed by atoms with Crippen LogP contribution >= 0.6 is 0 Å². The summed E-state index contributed by atoms with van der Waals surface area (Å²) in [5.41, 5.74) is 0.983. The van der Waals surface area contributed by atoms with E-state index in [0.717, 1.165) is 30.2 Å². The molecule has 0 spiro atoms. The highest BCUT2D eigenvalue weighted by Crippen LogP contribution is 2.15. The van der Waals surface area contributed by atoms with Crippen molar-refractivity contribution in [3.8, 4) is 11.5 Å². The van der Waals surface area contributed by atoms with Gasteiger partial charge >= 0.3 is 0 Å². The van der Waals surface area contributed by atoms with Gasteiger partial charge in [0, 0.05) is 25.8 Å². The third-order valence-corrected chi connectivity index (χ3v) is 4.26. The third kappa shape index (κ3) is 4.70. The highest BCUT2D eigenvalue weighted by Gasteiger charge is 2.27. The maximum atomic E-state index is 12.7. The molecule has 1 N–H and O–H groups in total. The predicted molar refractivity (Wildman–Crippen MR) is 94.8 cm³/mol. The normalized spacial score (nSPS) is 17.2. The molecule has 25 heavy (non-hydrogen) atoms. The number of methoxy groups -OCH3 is 1. The van der Waals surface area contributed by atoms with Crippen LogP contribution in [0.5, 0.6) is 11.5 Å². The molecule has 132 valence electrons. The summed E-state index contributed by atoms with van der Waals surface area (Å²) in [6.45, 7) is 2.68. The van der Waals surface area contributed by atoms with Gasteiger partial charge in [0.25, 0.3) is 0 Å². The minimum atomic E-state index is 0.0136. The third-order valence-electron chi connectivity index (χ3n) is 4.26. The highest BCUT2D eigenvalue weighted by molar-refractivity contribution is 5.79. The maximum Gasteiger partial charge on any atom is 0.227 e. The van der Waals surface area contributed by atoms with Crippen molar-refractivity contribution >= 4 is 5.91 Å². The van der Waals surface area contributed by atoms with Crippen molar-refractivity contribution in [3.05, 3.63) is 54.4 Å². The van der Waals surface area contributed by atoms with Gasteiger partial charge in [-0.05, 0) is 29.8 Å². The number of carbonyl (C=O) groups excluding carboxylic acids is 1. The Kier molecular flexibility index (Phi) is 5.85. The second-order valence-electron chi connectivity index (χ2n) is 5.97. The summed E-state index contributed by atoms with van der Waals surface area (Å²) in [4.78, 5) is 18.7. The molecule has 1 atom stereocenters. The number of amides is 1. The monoisotopic (exact) mass is 341 g/mol. The van der Waals surface area contributed by atoms with Crippen LogP contribution in [-0.4, -0.2) is 55.2 Å². The largest absolute Gasteiger partial charge is 0.497 e. The zero-order chi connectivity index (χ0) is 17.5. The molecule has 3 rings (SSSR count). The van der Waals surface area contributed by atoms with Crippen LogP contribution in [0.1, 0.15) is 5.56 Å². The van der Waals surface area contributed by atoms with Gasteiger partial charge in [-0.1, -0.05) is 12.1 Å². The van der Waals surface area contributed by atoms with Crippen molar-refractivity contribution in [2.24, 2.45) is 0 Å². The summed E-state index contributed by atoms with van der Waals surface area (Å²) < 4.78 is 10.9. The molecule has 2 aromatic rings. The number of nitrogens with zero attached hydrogens (tertiary/aromatic N) is 2. The zero-order valence-electron chi connectivity index (χ0n) is 14.4. The maximum absolute atomic E-state index is 12.7. The van der Waals surface area contributed by atoms with Crippen molar-refractivity contribution in [3.63, 3.8) is 0 Å². The Hall–Kier alpha value is -2.60. The number of nitrogens with one attached hydrogen (secondary N) is 1. The minimum absolute atomic E-state index is 0.0136. The molecule has 1 aromatic carbocycles. The average molecular weight is 341 g/mol. The molecule has 0 aliphatic carbocycles. The topological polar surface area (TPSA) is 63.7 Å². The van der Waals surface area contributed by atoms with E-state index in [2.05, 4.69) is 10.3 Å². The van der Waals surface area contributed by atoms with E-state index in [1.54, 1.807) is 19.5 Å². The molecule has 1 aliphatic rings. The first kappa shape index (κ1) is 17.2. The Bertz CT molecular complexity index is 676. The molecule has 1 amide bonds. The molecule has 0 saturated carbocycles. The van der Waals surface area contributed by atoms with Gasteiger partial charge in [0.2, 0.25) is 5.91 Å². The molecular weight excluding hydrogens is 318 g/mol. The van der Waals surface area contributed by atoms with Crippen molar-refractivity contribution in [1.82, 2.24) is 15.2 Å². The smallest absolute Gasteiger partial charge is 0.227 e. The number of hydrogen-bond donors (Lipinski definition) is 1.